The zero-order valence-electron chi connectivity index (χ0n) is 11.2. The van der Waals surface area contributed by atoms with Gasteiger partial charge in [0.15, 0.2) is 0 Å². The molecule has 5 nitrogen and oxygen atoms in total. The normalized spacial score (nSPS) is 19.7. The van der Waals surface area contributed by atoms with Gasteiger partial charge in [-0.3, -0.25) is 0 Å². The largest absolute Gasteiger partial charge is 0.480 e. The number of carboxylic acid groups (broad SMARTS) is 1. The molecule has 0 aromatic rings. The molecule has 0 aliphatic heterocycles. The highest BCUT2D eigenvalue weighted by molar-refractivity contribution is 8.00. The van der Waals surface area contributed by atoms with Gasteiger partial charge in [-0.25, -0.2) is 9.59 Å². The first-order chi connectivity index (χ1) is 8.44. The van der Waals surface area contributed by atoms with Crippen LogP contribution in [0.25, 0.3) is 0 Å². The second kappa shape index (κ2) is 6.31. The molecule has 0 heterocycles. The lowest BCUT2D eigenvalue weighted by atomic mass is 9.99. The molecule has 2 amide bonds. The first kappa shape index (κ1) is 15.1. The van der Waals surface area contributed by atoms with Crippen molar-refractivity contribution < 1.29 is 14.7 Å². The summed E-state index contributed by atoms with van der Waals surface area (Å²) in [6.45, 7) is 4.34. The van der Waals surface area contributed by atoms with Crippen LogP contribution in [0.5, 0.6) is 0 Å². The van der Waals surface area contributed by atoms with Gasteiger partial charge in [0.1, 0.15) is 6.04 Å². The van der Waals surface area contributed by atoms with Gasteiger partial charge in [0.25, 0.3) is 0 Å². The third kappa shape index (κ3) is 4.08. The Bertz CT molecular complexity index is 318. The van der Waals surface area contributed by atoms with Gasteiger partial charge in [0, 0.05) is 11.3 Å². The average Bonchev–Trinajstić information content (AvgIpc) is 3.13. The summed E-state index contributed by atoms with van der Waals surface area (Å²) in [5.41, 5.74) is 0. The van der Waals surface area contributed by atoms with E-state index in [0.29, 0.717) is 13.0 Å². The van der Waals surface area contributed by atoms with Crippen molar-refractivity contribution in [3.8, 4) is 0 Å². The Labute approximate surface area is 112 Å². The van der Waals surface area contributed by atoms with Crippen LogP contribution < -0.4 is 10.6 Å². The van der Waals surface area contributed by atoms with Crippen molar-refractivity contribution in [2.45, 2.75) is 43.9 Å². The number of hydrogen-bond donors (Lipinski definition) is 3. The summed E-state index contributed by atoms with van der Waals surface area (Å²) in [5, 5.41) is 14.4. The van der Waals surface area contributed by atoms with Crippen LogP contribution in [0.15, 0.2) is 0 Å². The third-order valence-electron chi connectivity index (χ3n) is 3.58. The van der Waals surface area contributed by atoms with E-state index in [1.54, 1.807) is 11.8 Å². The van der Waals surface area contributed by atoms with Crippen LogP contribution in [-0.4, -0.2) is 40.7 Å². The maximum atomic E-state index is 11.7. The molecule has 1 saturated carbocycles. The second-order valence-corrected chi connectivity index (χ2v) is 6.19. The van der Waals surface area contributed by atoms with E-state index in [0.717, 1.165) is 12.8 Å². The topological polar surface area (TPSA) is 78.4 Å². The highest BCUT2D eigenvalue weighted by Crippen LogP contribution is 2.46. The molecule has 104 valence electrons. The van der Waals surface area contributed by atoms with E-state index >= 15 is 0 Å². The lowest BCUT2D eigenvalue weighted by Crippen LogP contribution is -2.50. The molecule has 1 aliphatic carbocycles. The predicted molar refractivity (Wildman–Crippen MR) is 72.9 cm³/mol. The number of hydrogen-bond acceptors (Lipinski definition) is 3. The molecule has 0 saturated heterocycles. The molecule has 2 atom stereocenters. The molecule has 0 aromatic heterocycles. The Hall–Kier alpha value is -0.910. The third-order valence-corrected chi connectivity index (χ3v) is 5.00. The van der Waals surface area contributed by atoms with Gasteiger partial charge in [-0.2, -0.15) is 11.8 Å². The van der Waals surface area contributed by atoms with Gasteiger partial charge < -0.3 is 15.7 Å². The van der Waals surface area contributed by atoms with E-state index in [-0.39, 0.29) is 16.7 Å². The summed E-state index contributed by atoms with van der Waals surface area (Å²) < 4.78 is 0.187. The number of carbonyl (C=O) groups is 2. The molecular weight excluding hydrogens is 252 g/mol. The van der Waals surface area contributed by atoms with Crippen molar-refractivity contribution in [3.05, 3.63) is 0 Å². The number of carboxylic acids is 1. The van der Waals surface area contributed by atoms with E-state index in [9.17, 15) is 9.59 Å². The van der Waals surface area contributed by atoms with Crippen LogP contribution in [0.4, 0.5) is 4.79 Å². The molecule has 3 N–H and O–H groups in total. The lowest BCUT2D eigenvalue weighted by Gasteiger charge is -2.21. The number of nitrogens with one attached hydrogen (secondary N) is 2. The average molecular weight is 274 g/mol. The van der Waals surface area contributed by atoms with Gasteiger partial charge in [-0.1, -0.05) is 20.3 Å². The molecule has 0 aromatic carbocycles. The Kier molecular flexibility index (Phi) is 5.31. The standard InChI is InChI=1S/C12H22N2O3S/c1-4-8(2)9(10(15)16)14-11(17)13-7-12(18-3)5-6-12/h8-9H,4-7H2,1-3H3,(H,15,16)(H2,13,14,17)/t8?,9-/m0/s1. The second-order valence-electron chi connectivity index (χ2n) is 4.92. The van der Waals surface area contributed by atoms with Crippen LogP contribution in [0.1, 0.15) is 33.1 Å². The van der Waals surface area contributed by atoms with E-state index in [1.165, 1.54) is 0 Å². The maximum absolute atomic E-state index is 11.7. The fourth-order valence-corrected chi connectivity index (χ4v) is 2.44. The Morgan fingerprint density at radius 2 is 2.06 bits per heavy atom. The molecule has 1 fully saturated rings. The number of rotatable bonds is 7. The van der Waals surface area contributed by atoms with Gasteiger partial charge in [-0.15, -0.1) is 0 Å². The molecule has 1 rings (SSSR count). The Morgan fingerprint density at radius 1 is 1.44 bits per heavy atom. The van der Waals surface area contributed by atoms with Gasteiger partial charge in [-0.05, 0) is 25.0 Å². The Morgan fingerprint density at radius 3 is 2.44 bits per heavy atom. The van der Waals surface area contributed by atoms with Gasteiger partial charge >= 0.3 is 12.0 Å². The van der Waals surface area contributed by atoms with Crippen molar-refractivity contribution in [1.82, 2.24) is 10.6 Å². The summed E-state index contributed by atoms with van der Waals surface area (Å²) in [6, 6.07) is -1.21. The summed E-state index contributed by atoms with van der Waals surface area (Å²) in [6.07, 6.45) is 4.97. The molecule has 0 spiro atoms. The molecular formula is C12H22N2O3S. The predicted octanol–water partition coefficient (Wildman–Crippen LogP) is 1.68. The maximum Gasteiger partial charge on any atom is 0.326 e. The number of carbonyl (C=O) groups excluding carboxylic acids is 1. The van der Waals surface area contributed by atoms with Crippen LogP contribution in [-0.2, 0) is 4.79 Å². The van der Waals surface area contributed by atoms with Crippen molar-refractivity contribution in [2.24, 2.45) is 5.92 Å². The van der Waals surface area contributed by atoms with E-state index in [2.05, 4.69) is 10.6 Å². The fraction of sp³-hybridized carbons (Fsp3) is 0.833. The molecule has 6 heteroatoms. The molecule has 0 bridgehead atoms. The van der Waals surface area contributed by atoms with Crippen LogP contribution >= 0.6 is 11.8 Å². The number of aliphatic carboxylic acids is 1. The minimum absolute atomic E-state index is 0.0799. The van der Waals surface area contributed by atoms with Crippen LogP contribution in [0, 0.1) is 5.92 Å². The van der Waals surface area contributed by atoms with E-state index in [4.69, 9.17) is 5.11 Å². The summed E-state index contributed by atoms with van der Waals surface area (Å²) in [5.74, 6) is -1.06. The molecule has 0 radical (unpaired) electrons. The van der Waals surface area contributed by atoms with Gasteiger partial charge in [0.2, 0.25) is 0 Å². The number of urea groups is 1. The minimum Gasteiger partial charge on any atom is -0.480 e. The van der Waals surface area contributed by atoms with E-state index < -0.39 is 12.0 Å². The summed E-state index contributed by atoms with van der Waals surface area (Å²) >= 11 is 1.76. The summed E-state index contributed by atoms with van der Waals surface area (Å²) in [4.78, 5) is 22.7. The number of amides is 2. The SMILES string of the molecule is CCC(C)[C@H](NC(=O)NCC1(SC)CC1)C(=O)O. The quantitative estimate of drug-likeness (QED) is 0.660. The summed E-state index contributed by atoms with van der Waals surface area (Å²) in [7, 11) is 0. The van der Waals surface area contributed by atoms with Crippen molar-refractivity contribution in [2.75, 3.05) is 12.8 Å². The monoisotopic (exact) mass is 274 g/mol. The van der Waals surface area contributed by atoms with Crippen molar-refractivity contribution in [1.29, 1.82) is 0 Å². The van der Waals surface area contributed by atoms with Crippen LogP contribution in [0.3, 0.4) is 0 Å². The smallest absolute Gasteiger partial charge is 0.326 e. The molecule has 1 aliphatic rings. The zero-order valence-corrected chi connectivity index (χ0v) is 12.0. The highest BCUT2D eigenvalue weighted by Gasteiger charge is 2.42. The van der Waals surface area contributed by atoms with E-state index in [1.807, 2.05) is 20.1 Å². The Balaban J connectivity index is 2.39. The number of thioether (sulfide) groups is 1. The first-order valence-corrected chi connectivity index (χ1v) is 7.49. The first-order valence-electron chi connectivity index (χ1n) is 6.26. The highest BCUT2D eigenvalue weighted by atomic mass is 32.2. The minimum atomic E-state index is -0.981. The fourth-order valence-electron chi connectivity index (χ4n) is 1.71. The van der Waals surface area contributed by atoms with Crippen molar-refractivity contribution in [3.63, 3.8) is 0 Å². The molecule has 1 unspecified atom stereocenters. The zero-order chi connectivity index (χ0) is 13.8. The molecule has 18 heavy (non-hydrogen) atoms. The lowest BCUT2D eigenvalue weighted by molar-refractivity contribution is -0.140. The van der Waals surface area contributed by atoms with Gasteiger partial charge in [0.05, 0.1) is 0 Å². The van der Waals surface area contributed by atoms with Crippen LogP contribution in [0.2, 0.25) is 0 Å². The van der Waals surface area contributed by atoms with Crippen molar-refractivity contribution >= 4 is 23.8 Å².